The molecule has 0 bridgehead atoms. The molecule has 0 saturated heterocycles. The summed E-state index contributed by atoms with van der Waals surface area (Å²) in [7, 11) is 0. The quantitative estimate of drug-likeness (QED) is 0.839. The number of nitrogens with one attached hydrogen (secondary N) is 1. The summed E-state index contributed by atoms with van der Waals surface area (Å²) in [4.78, 5) is 0. The van der Waals surface area contributed by atoms with Crippen molar-refractivity contribution >= 4 is 21.6 Å². The van der Waals surface area contributed by atoms with Gasteiger partial charge in [0.2, 0.25) is 0 Å². The molecule has 0 aromatic heterocycles. The first-order chi connectivity index (χ1) is 8.97. The summed E-state index contributed by atoms with van der Waals surface area (Å²) in [6, 6.07) is 12.0. The van der Waals surface area contributed by atoms with Crippen LogP contribution in [-0.2, 0) is 0 Å². The van der Waals surface area contributed by atoms with Gasteiger partial charge in [-0.15, -0.1) is 0 Å². The van der Waals surface area contributed by atoms with Crippen LogP contribution in [0.3, 0.4) is 0 Å². The maximum atomic E-state index is 10.0. The Bertz CT molecular complexity index is 595. The van der Waals surface area contributed by atoms with Crippen LogP contribution in [0.4, 0.5) is 5.69 Å². The third-order valence-electron chi connectivity index (χ3n) is 3.15. The Morgan fingerprint density at radius 1 is 1.05 bits per heavy atom. The molecule has 2 N–H and O–H groups in total. The number of anilines is 1. The van der Waals surface area contributed by atoms with Gasteiger partial charge in [-0.2, -0.15) is 0 Å². The lowest BCUT2D eigenvalue weighted by atomic mass is 10.0. The van der Waals surface area contributed by atoms with Gasteiger partial charge in [0.05, 0.1) is 6.04 Å². The van der Waals surface area contributed by atoms with E-state index in [1.165, 1.54) is 5.56 Å². The van der Waals surface area contributed by atoms with Gasteiger partial charge < -0.3 is 10.4 Å². The van der Waals surface area contributed by atoms with Crippen molar-refractivity contribution in [2.24, 2.45) is 0 Å². The summed E-state index contributed by atoms with van der Waals surface area (Å²) < 4.78 is 1.03. The Labute approximate surface area is 122 Å². The van der Waals surface area contributed by atoms with Crippen LogP contribution < -0.4 is 5.32 Å². The van der Waals surface area contributed by atoms with Crippen molar-refractivity contribution in [2.45, 2.75) is 26.8 Å². The van der Waals surface area contributed by atoms with Gasteiger partial charge in [-0.3, -0.25) is 0 Å². The third kappa shape index (κ3) is 3.29. The molecule has 2 aromatic carbocycles. The Morgan fingerprint density at radius 3 is 2.32 bits per heavy atom. The number of rotatable bonds is 3. The first kappa shape index (κ1) is 13.9. The van der Waals surface area contributed by atoms with Crippen LogP contribution >= 0.6 is 15.9 Å². The zero-order chi connectivity index (χ0) is 14.0. The second kappa shape index (κ2) is 5.66. The molecule has 0 aliphatic rings. The van der Waals surface area contributed by atoms with Gasteiger partial charge in [0.1, 0.15) is 5.75 Å². The molecule has 0 spiro atoms. The van der Waals surface area contributed by atoms with Crippen molar-refractivity contribution in [3.63, 3.8) is 0 Å². The first-order valence-electron chi connectivity index (χ1n) is 6.29. The van der Waals surface area contributed by atoms with E-state index >= 15 is 0 Å². The van der Waals surface area contributed by atoms with Crippen LogP contribution in [0.15, 0.2) is 40.9 Å². The van der Waals surface area contributed by atoms with Gasteiger partial charge in [0, 0.05) is 15.7 Å². The first-order valence-corrected chi connectivity index (χ1v) is 7.09. The van der Waals surface area contributed by atoms with Crippen molar-refractivity contribution in [3.8, 4) is 5.75 Å². The Morgan fingerprint density at radius 2 is 1.68 bits per heavy atom. The molecule has 2 aromatic rings. The normalized spacial score (nSPS) is 12.2. The van der Waals surface area contributed by atoms with Crippen molar-refractivity contribution in [1.82, 2.24) is 0 Å². The third-order valence-corrected chi connectivity index (χ3v) is 3.81. The van der Waals surface area contributed by atoms with Gasteiger partial charge in [-0.1, -0.05) is 18.2 Å². The largest absolute Gasteiger partial charge is 0.508 e. The van der Waals surface area contributed by atoms with E-state index in [-0.39, 0.29) is 6.04 Å². The Balaban J connectivity index is 2.23. The fraction of sp³-hybridized carbons (Fsp3) is 0.250. The molecule has 2 rings (SSSR count). The summed E-state index contributed by atoms with van der Waals surface area (Å²) in [5.41, 5.74) is 4.20. The van der Waals surface area contributed by atoms with Crippen LogP contribution in [0.1, 0.15) is 29.7 Å². The standard InChI is InChI=1S/C16H18BrNO/c1-10-5-7-15(14(17)8-10)18-12(3)13-6-4-11(2)9-16(13)19/h4-9,12,18-19H,1-3H3. The molecule has 3 heteroatoms. The minimum atomic E-state index is 0.0413. The van der Waals surface area contributed by atoms with E-state index in [9.17, 15) is 5.11 Å². The number of benzene rings is 2. The number of hydrogen-bond acceptors (Lipinski definition) is 2. The van der Waals surface area contributed by atoms with Crippen molar-refractivity contribution < 1.29 is 5.11 Å². The van der Waals surface area contributed by atoms with E-state index in [0.717, 1.165) is 21.3 Å². The van der Waals surface area contributed by atoms with E-state index in [1.54, 1.807) is 6.07 Å². The lowest BCUT2D eigenvalue weighted by molar-refractivity contribution is 0.465. The molecule has 0 heterocycles. The summed E-state index contributed by atoms with van der Waals surface area (Å²) in [5.74, 6) is 0.336. The van der Waals surface area contributed by atoms with E-state index in [0.29, 0.717) is 5.75 Å². The smallest absolute Gasteiger partial charge is 0.121 e. The zero-order valence-electron chi connectivity index (χ0n) is 11.4. The molecule has 0 saturated carbocycles. The molecule has 0 amide bonds. The molecule has 2 nitrogen and oxygen atoms in total. The topological polar surface area (TPSA) is 32.3 Å². The van der Waals surface area contributed by atoms with Gasteiger partial charge in [-0.05, 0) is 66.0 Å². The van der Waals surface area contributed by atoms with E-state index < -0.39 is 0 Å². The highest BCUT2D eigenvalue weighted by molar-refractivity contribution is 9.10. The summed E-state index contributed by atoms with van der Waals surface area (Å²) in [6.45, 7) is 6.07. The number of hydrogen-bond donors (Lipinski definition) is 2. The SMILES string of the molecule is Cc1ccc(C(C)Nc2ccc(C)cc2Br)c(O)c1. The number of phenols is 1. The molecule has 1 unspecified atom stereocenters. The van der Waals surface area contributed by atoms with Gasteiger partial charge in [0.15, 0.2) is 0 Å². The van der Waals surface area contributed by atoms with Crippen molar-refractivity contribution in [3.05, 3.63) is 57.6 Å². The number of aryl methyl sites for hydroxylation is 2. The highest BCUT2D eigenvalue weighted by Crippen LogP contribution is 2.31. The van der Waals surface area contributed by atoms with Crippen LogP contribution in [-0.4, -0.2) is 5.11 Å². The lowest BCUT2D eigenvalue weighted by Crippen LogP contribution is -2.07. The molecule has 1 atom stereocenters. The maximum Gasteiger partial charge on any atom is 0.121 e. The molecule has 0 fully saturated rings. The molecule has 0 aliphatic carbocycles. The lowest BCUT2D eigenvalue weighted by Gasteiger charge is -2.18. The fourth-order valence-corrected chi connectivity index (χ4v) is 2.68. The Kier molecular flexibility index (Phi) is 4.15. The van der Waals surface area contributed by atoms with E-state index in [1.807, 2.05) is 32.0 Å². The Hall–Kier alpha value is -1.48. The predicted octanol–water partition coefficient (Wildman–Crippen LogP) is 4.94. The second-order valence-corrected chi connectivity index (χ2v) is 5.77. The van der Waals surface area contributed by atoms with E-state index in [2.05, 4.69) is 40.3 Å². The molecular formula is C16H18BrNO. The average molecular weight is 320 g/mol. The fourth-order valence-electron chi connectivity index (χ4n) is 2.07. The van der Waals surface area contributed by atoms with Crippen molar-refractivity contribution in [1.29, 1.82) is 0 Å². The summed E-state index contributed by atoms with van der Waals surface area (Å²) >= 11 is 3.55. The van der Waals surface area contributed by atoms with Gasteiger partial charge in [-0.25, -0.2) is 0 Å². The van der Waals surface area contributed by atoms with Crippen LogP contribution in [0.2, 0.25) is 0 Å². The monoisotopic (exact) mass is 319 g/mol. The second-order valence-electron chi connectivity index (χ2n) is 4.91. The van der Waals surface area contributed by atoms with Gasteiger partial charge >= 0.3 is 0 Å². The van der Waals surface area contributed by atoms with Crippen LogP contribution in [0, 0.1) is 13.8 Å². The molecule has 0 aliphatic heterocycles. The minimum absolute atomic E-state index is 0.0413. The van der Waals surface area contributed by atoms with Crippen LogP contribution in [0.5, 0.6) is 5.75 Å². The molecule has 0 radical (unpaired) electrons. The van der Waals surface area contributed by atoms with Gasteiger partial charge in [0.25, 0.3) is 0 Å². The number of phenolic OH excluding ortho intramolecular Hbond substituents is 1. The molecular weight excluding hydrogens is 302 g/mol. The number of aromatic hydroxyl groups is 1. The molecule has 100 valence electrons. The summed E-state index contributed by atoms with van der Waals surface area (Å²) in [5, 5.41) is 13.4. The van der Waals surface area contributed by atoms with Crippen molar-refractivity contribution in [2.75, 3.05) is 5.32 Å². The highest BCUT2D eigenvalue weighted by Gasteiger charge is 2.11. The highest BCUT2D eigenvalue weighted by atomic mass is 79.9. The average Bonchev–Trinajstić information content (AvgIpc) is 2.32. The zero-order valence-corrected chi connectivity index (χ0v) is 13.0. The minimum Gasteiger partial charge on any atom is -0.508 e. The predicted molar refractivity (Wildman–Crippen MR) is 83.8 cm³/mol. The summed E-state index contributed by atoms with van der Waals surface area (Å²) in [6.07, 6.45) is 0. The van der Waals surface area contributed by atoms with Crippen LogP contribution in [0.25, 0.3) is 0 Å². The maximum absolute atomic E-state index is 10.0. The van der Waals surface area contributed by atoms with E-state index in [4.69, 9.17) is 0 Å². The number of halogens is 1. The molecule has 19 heavy (non-hydrogen) atoms.